The van der Waals surface area contributed by atoms with E-state index in [1.165, 1.54) is 108 Å². The fourth-order valence-electron chi connectivity index (χ4n) is 6.36. The first-order valence-electron chi connectivity index (χ1n) is 14.6. The lowest BCUT2D eigenvalue weighted by Gasteiger charge is -2.32. The number of alkyl halides is 1. The van der Waals surface area contributed by atoms with Crippen molar-refractivity contribution in [2.75, 3.05) is 6.67 Å². The number of unbranched alkanes of at least 4 members (excludes halogenated alkanes) is 3. The lowest BCUT2D eigenvalue weighted by Crippen LogP contribution is -2.17. The van der Waals surface area contributed by atoms with Gasteiger partial charge < -0.3 is 0 Å². The van der Waals surface area contributed by atoms with Crippen LogP contribution in [0.3, 0.4) is 0 Å². The van der Waals surface area contributed by atoms with E-state index in [2.05, 4.69) is 43.3 Å². The van der Waals surface area contributed by atoms with Gasteiger partial charge in [0.15, 0.2) is 0 Å². The SMILES string of the molecule is CCCCCc1ccc([C@H]2CC[C@H](CC[C@H]3CC[C@H](CCC=CCCCF)CC3)CC2)cc1. The molecule has 1 heteroatoms. The van der Waals surface area contributed by atoms with Crippen LogP contribution in [0.2, 0.25) is 0 Å². The van der Waals surface area contributed by atoms with Crippen molar-refractivity contribution in [2.24, 2.45) is 17.8 Å². The van der Waals surface area contributed by atoms with Gasteiger partial charge in [-0.3, -0.25) is 4.39 Å². The number of benzene rings is 1. The molecule has 1 aromatic carbocycles. The highest BCUT2D eigenvalue weighted by molar-refractivity contribution is 5.26. The van der Waals surface area contributed by atoms with Crippen LogP contribution >= 0.6 is 0 Å². The van der Waals surface area contributed by atoms with Gasteiger partial charge >= 0.3 is 0 Å². The summed E-state index contributed by atoms with van der Waals surface area (Å²) in [6, 6.07) is 9.67. The molecule has 186 valence electrons. The van der Waals surface area contributed by atoms with Gasteiger partial charge in [-0.05, 0) is 99.0 Å². The van der Waals surface area contributed by atoms with Gasteiger partial charge in [0.1, 0.15) is 0 Å². The van der Waals surface area contributed by atoms with Gasteiger partial charge in [-0.25, -0.2) is 0 Å². The normalized spacial score (nSPS) is 26.1. The summed E-state index contributed by atoms with van der Waals surface area (Å²) in [5.41, 5.74) is 3.13. The van der Waals surface area contributed by atoms with E-state index in [1.807, 2.05) is 0 Å². The highest BCUT2D eigenvalue weighted by atomic mass is 19.1. The summed E-state index contributed by atoms with van der Waals surface area (Å²) in [5, 5.41) is 0. The Hall–Kier alpha value is -1.11. The van der Waals surface area contributed by atoms with E-state index in [0.29, 0.717) is 6.42 Å². The highest BCUT2D eigenvalue weighted by Gasteiger charge is 2.25. The van der Waals surface area contributed by atoms with Crippen LogP contribution in [-0.2, 0) is 6.42 Å². The molecule has 0 unspecified atom stereocenters. The topological polar surface area (TPSA) is 0 Å². The Balaban J connectivity index is 1.26. The predicted octanol–water partition coefficient (Wildman–Crippen LogP) is 10.4. The van der Waals surface area contributed by atoms with E-state index < -0.39 is 0 Å². The summed E-state index contributed by atoms with van der Waals surface area (Å²) in [6.45, 7) is 2.11. The van der Waals surface area contributed by atoms with Crippen molar-refractivity contribution in [2.45, 2.75) is 128 Å². The Morgan fingerprint density at radius 3 is 1.88 bits per heavy atom. The average molecular weight is 455 g/mol. The van der Waals surface area contributed by atoms with Gasteiger partial charge in [0.2, 0.25) is 0 Å². The summed E-state index contributed by atoms with van der Waals surface area (Å²) >= 11 is 0. The summed E-state index contributed by atoms with van der Waals surface area (Å²) in [4.78, 5) is 0. The molecule has 0 aliphatic heterocycles. The molecule has 0 aromatic heterocycles. The third-order valence-corrected chi connectivity index (χ3v) is 8.73. The zero-order chi connectivity index (χ0) is 23.1. The third-order valence-electron chi connectivity index (χ3n) is 8.73. The fraction of sp³-hybridized carbons (Fsp3) is 0.750. The van der Waals surface area contributed by atoms with E-state index in [9.17, 15) is 4.39 Å². The Bertz CT molecular complexity index is 629. The van der Waals surface area contributed by atoms with E-state index in [-0.39, 0.29) is 6.67 Å². The molecule has 0 saturated heterocycles. The number of aryl methyl sites for hydroxylation is 1. The van der Waals surface area contributed by atoms with E-state index >= 15 is 0 Å². The van der Waals surface area contributed by atoms with Gasteiger partial charge in [-0.15, -0.1) is 0 Å². The maximum absolute atomic E-state index is 12.1. The predicted molar refractivity (Wildman–Crippen MR) is 143 cm³/mol. The number of allylic oxidation sites excluding steroid dienone is 2. The zero-order valence-corrected chi connectivity index (χ0v) is 21.6. The first-order chi connectivity index (χ1) is 16.3. The standard InChI is InChI=1S/C32H51F/c1-2-3-7-10-28-18-22-31(23-19-28)32-24-20-30(21-25-32)17-16-29-14-12-27(13-15-29)11-8-5-4-6-9-26-33/h4-5,18-19,22-23,27,29-30,32H,2-3,6-17,20-21,24-26H2,1H3/t27-,29-,30-,32-. The van der Waals surface area contributed by atoms with E-state index in [4.69, 9.17) is 0 Å². The van der Waals surface area contributed by atoms with E-state index in [1.54, 1.807) is 5.56 Å². The van der Waals surface area contributed by atoms with Gasteiger partial charge in [-0.1, -0.05) is 94.7 Å². The van der Waals surface area contributed by atoms with Gasteiger partial charge in [0.25, 0.3) is 0 Å². The van der Waals surface area contributed by atoms with Crippen LogP contribution in [0, 0.1) is 17.8 Å². The van der Waals surface area contributed by atoms with Crippen molar-refractivity contribution in [3.05, 3.63) is 47.5 Å². The lowest BCUT2D eigenvalue weighted by molar-refractivity contribution is 0.225. The minimum absolute atomic E-state index is 0.178. The molecule has 0 N–H and O–H groups in total. The Kier molecular flexibility index (Phi) is 12.6. The molecule has 2 aliphatic rings. The third kappa shape index (κ3) is 9.96. The molecule has 0 spiro atoms. The van der Waals surface area contributed by atoms with Crippen LogP contribution in [0.25, 0.3) is 0 Å². The van der Waals surface area contributed by atoms with Crippen LogP contribution in [0.4, 0.5) is 4.39 Å². The first kappa shape index (κ1) is 26.5. The second-order valence-electron chi connectivity index (χ2n) is 11.3. The molecule has 2 fully saturated rings. The molecule has 33 heavy (non-hydrogen) atoms. The van der Waals surface area contributed by atoms with Gasteiger partial charge in [0.05, 0.1) is 6.67 Å². The maximum Gasteiger partial charge on any atom is 0.0897 e. The van der Waals surface area contributed by atoms with Gasteiger partial charge in [-0.2, -0.15) is 0 Å². The Morgan fingerprint density at radius 1 is 0.697 bits per heavy atom. The summed E-state index contributed by atoms with van der Waals surface area (Å²) in [6.07, 6.45) is 28.4. The molecule has 0 heterocycles. The molecule has 2 aliphatic carbocycles. The number of hydrogen-bond acceptors (Lipinski definition) is 0. The second-order valence-corrected chi connectivity index (χ2v) is 11.3. The van der Waals surface area contributed by atoms with Crippen LogP contribution < -0.4 is 0 Å². The van der Waals surface area contributed by atoms with Gasteiger partial charge in [0, 0.05) is 0 Å². The molecule has 0 amide bonds. The zero-order valence-electron chi connectivity index (χ0n) is 21.6. The molecule has 0 bridgehead atoms. The van der Waals surface area contributed by atoms with Crippen molar-refractivity contribution in [1.82, 2.24) is 0 Å². The molecule has 0 nitrogen and oxygen atoms in total. The highest BCUT2D eigenvalue weighted by Crippen LogP contribution is 2.40. The first-order valence-corrected chi connectivity index (χ1v) is 14.6. The molecule has 0 atom stereocenters. The van der Waals surface area contributed by atoms with Crippen molar-refractivity contribution in [1.29, 1.82) is 0 Å². The smallest absolute Gasteiger partial charge is 0.0897 e. The van der Waals surface area contributed by atoms with Crippen LogP contribution in [0.15, 0.2) is 36.4 Å². The molecule has 3 rings (SSSR count). The number of halogens is 1. The quantitative estimate of drug-likeness (QED) is 0.194. The monoisotopic (exact) mass is 454 g/mol. The molecule has 1 aromatic rings. The molecule has 2 saturated carbocycles. The average Bonchev–Trinajstić information content (AvgIpc) is 2.86. The van der Waals surface area contributed by atoms with Crippen LogP contribution in [-0.4, -0.2) is 6.67 Å². The van der Waals surface area contributed by atoms with Crippen LogP contribution in [0.1, 0.15) is 133 Å². The van der Waals surface area contributed by atoms with Crippen molar-refractivity contribution in [3.63, 3.8) is 0 Å². The van der Waals surface area contributed by atoms with E-state index in [0.717, 1.165) is 30.1 Å². The fourth-order valence-corrected chi connectivity index (χ4v) is 6.36. The minimum Gasteiger partial charge on any atom is -0.251 e. The second kappa shape index (κ2) is 15.7. The summed E-state index contributed by atoms with van der Waals surface area (Å²) in [7, 11) is 0. The lowest BCUT2D eigenvalue weighted by atomic mass is 9.74. The largest absolute Gasteiger partial charge is 0.251 e. The maximum atomic E-state index is 12.1. The Morgan fingerprint density at radius 2 is 1.27 bits per heavy atom. The number of hydrogen-bond donors (Lipinski definition) is 0. The van der Waals surface area contributed by atoms with Crippen molar-refractivity contribution in [3.8, 4) is 0 Å². The molecular formula is C32H51F. The van der Waals surface area contributed by atoms with Crippen molar-refractivity contribution < 1.29 is 4.39 Å². The summed E-state index contributed by atoms with van der Waals surface area (Å²) in [5.74, 6) is 3.74. The number of rotatable bonds is 14. The molecular weight excluding hydrogens is 403 g/mol. The minimum atomic E-state index is -0.178. The molecule has 0 radical (unpaired) electrons. The van der Waals surface area contributed by atoms with Crippen LogP contribution in [0.5, 0.6) is 0 Å². The Labute approximate surface area is 204 Å². The summed E-state index contributed by atoms with van der Waals surface area (Å²) < 4.78 is 12.1. The van der Waals surface area contributed by atoms with Crippen molar-refractivity contribution >= 4 is 0 Å².